The van der Waals surface area contributed by atoms with Gasteiger partial charge in [-0.15, -0.1) is 11.3 Å². The van der Waals surface area contributed by atoms with Gasteiger partial charge in [-0.25, -0.2) is 0 Å². The van der Waals surface area contributed by atoms with E-state index in [4.69, 9.17) is 28.9 Å². The molecular weight excluding hydrogens is 364 g/mol. The van der Waals surface area contributed by atoms with Crippen LogP contribution in [0.2, 0.25) is 10.0 Å². The lowest BCUT2D eigenvalue weighted by molar-refractivity contribution is -0.133. The summed E-state index contributed by atoms with van der Waals surface area (Å²) in [5, 5.41) is 4.11. The van der Waals surface area contributed by atoms with Crippen molar-refractivity contribution < 1.29 is 13.2 Å². The van der Waals surface area contributed by atoms with Crippen molar-refractivity contribution in [1.82, 2.24) is 0 Å². The van der Waals surface area contributed by atoms with Crippen LogP contribution < -0.4 is 11.1 Å². The number of nitrogens with two attached hydrogens (primary N) is 1. The summed E-state index contributed by atoms with van der Waals surface area (Å²) in [4.78, 5) is -0.749. The van der Waals surface area contributed by atoms with E-state index in [1.807, 2.05) is 0 Å². The van der Waals surface area contributed by atoms with Crippen molar-refractivity contribution in [2.45, 2.75) is 6.18 Å². The molecule has 0 aliphatic rings. The molecule has 2 aromatic rings. The molecule has 1 aromatic carbocycles. The number of halogens is 5. The van der Waals surface area contributed by atoms with Crippen LogP contribution in [0, 0.1) is 0 Å². The lowest BCUT2D eigenvalue weighted by atomic mass is 10.1. The number of alkyl halides is 3. The van der Waals surface area contributed by atoms with Gasteiger partial charge in [0, 0.05) is 16.8 Å². The smallest absolute Gasteiger partial charge is 0.376 e. The number of rotatable bonds is 2. The number of benzene rings is 1. The number of hydrogen-bond acceptors (Lipinski definition) is 2. The van der Waals surface area contributed by atoms with E-state index < -0.39 is 11.1 Å². The fraction of sp³-hybridized carbons (Fsp3) is 0.0833. The van der Waals surface area contributed by atoms with E-state index in [1.165, 1.54) is 23.6 Å². The minimum atomic E-state index is -4.47. The molecule has 0 aliphatic heterocycles. The summed E-state index contributed by atoms with van der Waals surface area (Å²) in [6.45, 7) is 0. The summed E-state index contributed by atoms with van der Waals surface area (Å²) in [5.41, 5.74) is 5.81. The Kier molecular flexibility index (Phi) is 4.67. The Balaban J connectivity index is 2.56. The predicted octanol–water partition coefficient (Wildman–Crippen LogP) is 5.40. The van der Waals surface area contributed by atoms with Crippen LogP contribution in [-0.4, -0.2) is 5.11 Å². The highest BCUT2D eigenvalue weighted by molar-refractivity contribution is 7.80. The number of anilines is 1. The van der Waals surface area contributed by atoms with Crippen LogP contribution >= 0.6 is 46.8 Å². The third kappa shape index (κ3) is 3.60. The summed E-state index contributed by atoms with van der Waals surface area (Å²) in [5.74, 6) is 0. The van der Waals surface area contributed by atoms with Crippen molar-refractivity contribution in [3.63, 3.8) is 0 Å². The Morgan fingerprint density at radius 2 is 1.81 bits per heavy atom. The Labute approximate surface area is 137 Å². The standard InChI is InChI=1S/C12H7Cl2F3N2S2/c13-7-3-5(19-11(18)20)4-8(14)9(7)6-1-2-21-10(6)12(15,16)17/h1-4H,(H3,18,19,20). The Morgan fingerprint density at radius 1 is 1.24 bits per heavy atom. The highest BCUT2D eigenvalue weighted by Gasteiger charge is 2.36. The second-order valence-electron chi connectivity index (χ2n) is 3.97. The molecular formula is C12H7Cl2F3N2S2. The molecule has 0 unspecified atom stereocenters. The molecule has 0 spiro atoms. The van der Waals surface area contributed by atoms with Gasteiger partial charge in [0.25, 0.3) is 0 Å². The fourth-order valence-corrected chi connectivity index (χ4v) is 3.35. The molecule has 2 nitrogen and oxygen atoms in total. The zero-order chi connectivity index (χ0) is 15.8. The van der Waals surface area contributed by atoms with Gasteiger partial charge in [-0.1, -0.05) is 23.2 Å². The van der Waals surface area contributed by atoms with Crippen LogP contribution in [0.5, 0.6) is 0 Å². The molecule has 0 radical (unpaired) electrons. The van der Waals surface area contributed by atoms with E-state index in [-0.39, 0.29) is 26.3 Å². The van der Waals surface area contributed by atoms with Gasteiger partial charge in [0.15, 0.2) is 5.11 Å². The average molecular weight is 371 g/mol. The largest absolute Gasteiger partial charge is 0.426 e. The maximum atomic E-state index is 13.0. The Hall–Kier alpha value is -1.02. The van der Waals surface area contributed by atoms with Crippen LogP contribution in [0.25, 0.3) is 11.1 Å². The molecule has 21 heavy (non-hydrogen) atoms. The first-order chi connectivity index (χ1) is 9.70. The van der Waals surface area contributed by atoms with Gasteiger partial charge >= 0.3 is 6.18 Å². The molecule has 112 valence electrons. The lowest BCUT2D eigenvalue weighted by Gasteiger charge is -2.13. The van der Waals surface area contributed by atoms with Gasteiger partial charge in [0.2, 0.25) is 0 Å². The summed E-state index contributed by atoms with van der Waals surface area (Å²) in [6.07, 6.45) is -4.47. The SMILES string of the molecule is NC(=S)Nc1cc(Cl)c(-c2ccsc2C(F)(F)F)c(Cl)c1. The molecule has 2 rings (SSSR count). The molecule has 0 atom stereocenters. The highest BCUT2D eigenvalue weighted by Crippen LogP contribution is 2.46. The number of nitrogens with one attached hydrogen (secondary N) is 1. The van der Waals surface area contributed by atoms with Crippen molar-refractivity contribution in [3.05, 3.63) is 38.5 Å². The molecule has 3 N–H and O–H groups in total. The van der Waals surface area contributed by atoms with Gasteiger partial charge in [-0.3, -0.25) is 0 Å². The maximum absolute atomic E-state index is 13.0. The third-order valence-electron chi connectivity index (χ3n) is 2.50. The molecule has 0 aliphatic carbocycles. The van der Waals surface area contributed by atoms with Gasteiger partial charge in [0.05, 0.1) is 10.0 Å². The zero-order valence-electron chi connectivity index (χ0n) is 10.1. The molecule has 0 saturated heterocycles. The summed E-state index contributed by atoms with van der Waals surface area (Å²) in [6, 6.07) is 4.17. The van der Waals surface area contributed by atoms with Gasteiger partial charge in [-0.2, -0.15) is 13.2 Å². The molecule has 1 aromatic heterocycles. The van der Waals surface area contributed by atoms with Crippen LogP contribution in [0.1, 0.15) is 4.88 Å². The van der Waals surface area contributed by atoms with E-state index in [2.05, 4.69) is 17.5 Å². The molecule has 1 heterocycles. The lowest BCUT2D eigenvalue weighted by Crippen LogP contribution is -2.18. The average Bonchev–Trinajstić information content (AvgIpc) is 2.75. The second-order valence-corrected chi connectivity index (χ2v) is 6.14. The minimum absolute atomic E-state index is 0.00129. The van der Waals surface area contributed by atoms with Gasteiger partial charge in [0.1, 0.15) is 4.88 Å². The topological polar surface area (TPSA) is 38.0 Å². The number of thiophene rings is 1. The molecule has 0 bridgehead atoms. The second kappa shape index (κ2) is 6.00. The van der Waals surface area contributed by atoms with Crippen LogP contribution in [0.4, 0.5) is 18.9 Å². The summed E-state index contributed by atoms with van der Waals surface area (Å²) >= 11 is 17.4. The highest BCUT2D eigenvalue weighted by atomic mass is 35.5. The molecule has 0 saturated carbocycles. The van der Waals surface area contributed by atoms with Crippen LogP contribution in [0.15, 0.2) is 23.6 Å². The predicted molar refractivity (Wildman–Crippen MR) is 85.2 cm³/mol. The summed E-state index contributed by atoms with van der Waals surface area (Å²) < 4.78 is 38.9. The first kappa shape index (κ1) is 16.4. The van der Waals surface area contributed by atoms with E-state index in [9.17, 15) is 13.2 Å². The fourth-order valence-electron chi connectivity index (χ4n) is 1.77. The molecule has 9 heteroatoms. The van der Waals surface area contributed by atoms with E-state index >= 15 is 0 Å². The van der Waals surface area contributed by atoms with Crippen molar-refractivity contribution in [3.8, 4) is 11.1 Å². The van der Waals surface area contributed by atoms with E-state index in [1.54, 1.807) is 0 Å². The monoisotopic (exact) mass is 370 g/mol. The van der Waals surface area contributed by atoms with Crippen molar-refractivity contribution >= 4 is 57.6 Å². The molecule has 0 fully saturated rings. The maximum Gasteiger partial charge on any atom is 0.426 e. The van der Waals surface area contributed by atoms with Crippen LogP contribution in [-0.2, 0) is 6.18 Å². The van der Waals surface area contributed by atoms with Gasteiger partial charge in [-0.05, 0) is 35.8 Å². The van der Waals surface area contributed by atoms with Crippen LogP contribution in [0.3, 0.4) is 0 Å². The minimum Gasteiger partial charge on any atom is -0.376 e. The normalized spacial score (nSPS) is 11.5. The first-order valence-corrected chi connectivity index (χ1v) is 7.45. The van der Waals surface area contributed by atoms with Gasteiger partial charge < -0.3 is 11.1 Å². The van der Waals surface area contributed by atoms with E-state index in [0.29, 0.717) is 17.0 Å². The third-order valence-corrected chi connectivity index (χ3v) is 4.16. The number of hydrogen-bond donors (Lipinski definition) is 2. The molecule has 0 amide bonds. The number of thiocarbonyl (C=S) groups is 1. The Bertz CT molecular complexity index is 675. The van der Waals surface area contributed by atoms with Crippen molar-refractivity contribution in [2.24, 2.45) is 5.73 Å². The summed E-state index contributed by atoms with van der Waals surface area (Å²) in [7, 11) is 0. The quantitative estimate of drug-likeness (QED) is 0.695. The van der Waals surface area contributed by atoms with Crippen molar-refractivity contribution in [1.29, 1.82) is 0 Å². The zero-order valence-corrected chi connectivity index (χ0v) is 13.2. The van der Waals surface area contributed by atoms with E-state index in [0.717, 1.165) is 0 Å². The van der Waals surface area contributed by atoms with Crippen molar-refractivity contribution in [2.75, 3.05) is 5.32 Å². The first-order valence-electron chi connectivity index (χ1n) is 5.40. The Morgan fingerprint density at radius 3 is 2.29 bits per heavy atom.